The number of carbonyl (C=O) groups is 1. The molecule has 1 aliphatic rings. The van der Waals surface area contributed by atoms with Gasteiger partial charge in [0.25, 0.3) is 5.67 Å². The van der Waals surface area contributed by atoms with Crippen LogP contribution >= 0.6 is 0 Å². The van der Waals surface area contributed by atoms with Gasteiger partial charge in [0, 0.05) is 5.56 Å². The summed E-state index contributed by atoms with van der Waals surface area (Å²) in [4.78, 5) is 11.8. The number of aliphatic hydroxyl groups is 1. The molecule has 0 aliphatic heterocycles. The summed E-state index contributed by atoms with van der Waals surface area (Å²) in [6.45, 7) is 3.29. The number of hydrogen-bond acceptors (Lipinski definition) is 3. The zero-order chi connectivity index (χ0) is 13.2. The first-order valence-corrected chi connectivity index (χ1v) is 5.53. The highest BCUT2D eigenvalue weighted by atomic mass is 19.1. The molecule has 2 rings (SSSR count). The Hall–Kier alpha value is -1.94. The molecular weight excluding hydrogens is 235 g/mol. The van der Waals surface area contributed by atoms with Gasteiger partial charge in [0.2, 0.25) is 0 Å². The summed E-state index contributed by atoms with van der Waals surface area (Å²) >= 11 is 0. The Bertz CT molecular complexity index is 510. The molecule has 0 spiro atoms. The van der Waals surface area contributed by atoms with Crippen molar-refractivity contribution in [3.8, 4) is 0 Å². The second-order valence-corrected chi connectivity index (χ2v) is 3.99. The highest BCUT2D eigenvalue weighted by molar-refractivity contribution is 5.86. The highest BCUT2D eigenvalue weighted by Crippen LogP contribution is 2.38. The van der Waals surface area contributed by atoms with Gasteiger partial charge in [0.1, 0.15) is 12.7 Å². The largest absolute Gasteiger partial charge is 0.459 e. The van der Waals surface area contributed by atoms with Crippen molar-refractivity contribution in [3.63, 3.8) is 0 Å². The van der Waals surface area contributed by atoms with Crippen molar-refractivity contribution in [2.24, 2.45) is 0 Å². The number of halogens is 1. The summed E-state index contributed by atoms with van der Waals surface area (Å²) < 4.78 is 19.6. The predicted octanol–water partition coefficient (Wildman–Crippen LogP) is 1.97. The first kappa shape index (κ1) is 12.5. The molecule has 4 heteroatoms. The quantitative estimate of drug-likeness (QED) is 0.657. The third-order valence-electron chi connectivity index (χ3n) is 2.85. The Morgan fingerprint density at radius 1 is 1.56 bits per heavy atom. The lowest BCUT2D eigenvalue weighted by molar-refractivity contribution is -0.164. The van der Waals surface area contributed by atoms with Gasteiger partial charge in [-0.25, -0.2) is 9.18 Å². The number of benzene rings is 1. The Kier molecular flexibility index (Phi) is 3.30. The van der Waals surface area contributed by atoms with Crippen LogP contribution in [0.25, 0.3) is 6.08 Å². The fourth-order valence-electron chi connectivity index (χ4n) is 1.93. The van der Waals surface area contributed by atoms with E-state index in [4.69, 9.17) is 4.74 Å². The van der Waals surface area contributed by atoms with Crippen molar-refractivity contribution in [2.45, 2.75) is 11.8 Å². The average molecular weight is 248 g/mol. The van der Waals surface area contributed by atoms with Crippen LogP contribution in [0.5, 0.6) is 0 Å². The van der Waals surface area contributed by atoms with Crippen LogP contribution in [0.4, 0.5) is 4.39 Å². The molecule has 18 heavy (non-hydrogen) atoms. The van der Waals surface area contributed by atoms with Crippen molar-refractivity contribution >= 4 is 12.0 Å². The van der Waals surface area contributed by atoms with Gasteiger partial charge < -0.3 is 9.84 Å². The van der Waals surface area contributed by atoms with E-state index in [1.165, 1.54) is 18.2 Å². The van der Waals surface area contributed by atoms with Crippen molar-refractivity contribution in [1.82, 2.24) is 0 Å². The van der Waals surface area contributed by atoms with Gasteiger partial charge in [-0.2, -0.15) is 0 Å². The summed E-state index contributed by atoms with van der Waals surface area (Å²) in [5.41, 5.74) is -1.89. The minimum absolute atomic E-state index is 0.0941. The second kappa shape index (κ2) is 4.74. The summed E-state index contributed by atoms with van der Waals surface area (Å²) in [6, 6.07) is 6.49. The molecule has 0 amide bonds. The van der Waals surface area contributed by atoms with Gasteiger partial charge >= 0.3 is 5.97 Å². The van der Waals surface area contributed by atoms with E-state index in [9.17, 15) is 14.3 Å². The van der Waals surface area contributed by atoms with Gasteiger partial charge in [0.15, 0.2) is 0 Å². The molecule has 1 N–H and O–H groups in total. The molecule has 0 bridgehead atoms. The number of rotatable bonds is 3. The molecule has 2 atom stereocenters. The van der Waals surface area contributed by atoms with E-state index in [0.717, 1.165) is 0 Å². The van der Waals surface area contributed by atoms with Crippen molar-refractivity contribution in [3.05, 3.63) is 54.1 Å². The Morgan fingerprint density at radius 2 is 2.28 bits per heavy atom. The van der Waals surface area contributed by atoms with Crippen LogP contribution in [0.1, 0.15) is 11.1 Å². The molecule has 2 unspecified atom stereocenters. The summed E-state index contributed by atoms with van der Waals surface area (Å²) in [7, 11) is 0. The second-order valence-electron chi connectivity index (χ2n) is 3.99. The number of aliphatic hydroxyl groups excluding tert-OH is 1. The minimum atomic E-state index is -2.56. The maximum absolute atomic E-state index is 14.9. The topological polar surface area (TPSA) is 46.5 Å². The standard InChI is InChI=1S/C14H13FO3/c1-2-9-18-13(17)14(15)11-6-4-3-5-10(11)7-8-12(14)16/h2-8,12,16H,1,9H2. The third-order valence-corrected chi connectivity index (χ3v) is 2.85. The first-order valence-electron chi connectivity index (χ1n) is 5.53. The summed E-state index contributed by atoms with van der Waals surface area (Å²) in [5, 5.41) is 9.76. The lowest BCUT2D eigenvalue weighted by atomic mass is 9.82. The SMILES string of the molecule is C=CCOC(=O)C1(F)c2ccccc2C=CC1O. The number of ether oxygens (including phenoxy) is 1. The van der Waals surface area contributed by atoms with Crippen LogP contribution in [0, 0.1) is 0 Å². The van der Waals surface area contributed by atoms with E-state index in [2.05, 4.69) is 6.58 Å². The molecule has 1 aliphatic carbocycles. The molecule has 1 aromatic carbocycles. The van der Waals surface area contributed by atoms with E-state index < -0.39 is 17.7 Å². The number of esters is 1. The molecule has 0 radical (unpaired) electrons. The zero-order valence-corrected chi connectivity index (χ0v) is 9.67. The van der Waals surface area contributed by atoms with Crippen LogP contribution in [-0.4, -0.2) is 23.8 Å². The minimum Gasteiger partial charge on any atom is -0.459 e. The van der Waals surface area contributed by atoms with Crippen LogP contribution in [0.2, 0.25) is 0 Å². The molecule has 0 saturated heterocycles. The number of alkyl halides is 1. The maximum Gasteiger partial charge on any atom is 0.352 e. The molecule has 1 aromatic rings. The monoisotopic (exact) mass is 248 g/mol. The summed E-state index contributed by atoms with van der Waals surface area (Å²) in [5.74, 6) is -1.10. The molecule has 94 valence electrons. The Labute approximate surface area is 104 Å². The van der Waals surface area contributed by atoms with Gasteiger partial charge in [-0.1, -0.05) is 49.1 Å². The number of carbonyl (C=O) groups excluding carboxylic acids is 1. The molecule has 0 fully saturated rings. The van der Waals surface area contributed by atoms with E-state index in [1.54, 1.807) is 24.3 Å². The third kappa shape index (κ3) is 1.84. The number of fused-ring (bicyclic) bond motifs is 1. The molecule has 3 nitrogen and oxygen atoms in total. The predicted molar refractivity (Wildman–Crippen MR) is 65.4 cm³/mol. The van der Waals surface area contributed by atoms with Crippen molar-refractivity contribution < 1.29 is 19.0 Å². The fourth-order valence-corrected chi connectivity index (χ4v) is 1.93. The van der Waals surface area contributed by atoms with Crippen LogP contribution < -0.4 is 0 Å². The molecular formula is C14H13FO3. The van der Waals surface area contributed by atoms with Crippen LogP contribution in [0.3, 0.4) is 0 Å². The summed E-state index contributed by atoms with van der Waals surface area (Å²) in [6.07, 6.45) is 2.62. The fraction of sp³-hybridized carbons (Fsp3) is 0.214. The smallest absolute Gasteiger partial charge is 0.352 e. The molecule has 0 heterocycles. The first-order chi connectivity index (χ1) is 8.60. The highest BCUT2D eigenvalue weighted by Gasteiger charge is 2.50. The number of hydrogen-bond donors (Lipinski definition) is 1. The lowest BCUT2D eigenvalue weighted by Crippen LogP contribution is -2.45. The van der Waals surface area contributed by atoms with E-state index in [-0.39, 0.29) is 12.2 Å². The maximum atomic E-state index is 14.9. The Morgan fingerprint density at radius 3 is 3.00 bits per heavy atom. The van der Waals surface area contributed by atoms with Crippen LogP contribution in [-0.2, 0) is 15.2 Å². The van der Waals surface area contributed by atoms with Gasteiger partial charge in [-0.05, 0) is 5.56 Å². The van der Waals surface area contributed by atoms with Gasteiger partial charge in [-0.3, -0.25) is 0 Å². The average Bonchev–Trinajstić information content (AvgIpc) is 2.40. The van der Waals surface area contributed by atoms with E-state index in [0.29, 0.717) is 5.56 Å². The van der Waals surface area contributed by atoms with Gasteiger partial charge in [-0.15, -0.1) is 0 Å². The normalized spacial score (nSPS) is 25.3. The lowest BCUT2D eigenvalue weighted by Gasteiger charge is -2.30. The van der Waals surface area contributed by atoms with Crippen molar-refractivity contribution in [2.75, 3.05) is 6.61 Å². The van der Waals surface area contributed by atoms with Crippen LogP contribution in [0.15, 0.2) is 43.0 Å². The molecule has 0 aromatic heterocycles. The van der Waals surface area contributed by atoms with Gasteiger partial charge in [0.05, 0.1) is 0 Å². The Balaban J connectivity index is 2.44. The van der Waals surface area contributed by atoms with Crippen molar-refractivity contribution in [1.29, 1.82) is 0 Å². The zero-order valence-electron chi connectivity index (χ0n) is 9.67. The van der Waals surface area contributed by atoms with E-state index in [1.807, 2.05) is 0 Å². The molecule has 0 saturated carbocycles. The van der Waals surface area contributed by atoms with E-state index >= 15 is 0 Å².